The van der Waals surface area contributed by atoms with E-state index in [1.165, 1.54) is 6.07 Å². The number of ketones is 1. The molecule has 0 saturated heterocycles. The Kier molecular flexibility index (Phi) is 3.43. The predicted octanol–water partition coefficient (Wildman–Crippen LogP) is 1.78. The van der Waals surface area contributed by atoms with Crippen LogP contribution in [0.2, 0.25) is 0 Å². The van der Waals surface area contributed by atoms with Gasteiger partial charge < -0.3 is 4.57 Å². The van der Waals surface area contributed by atoms with Gasteiger partial charge in [-0.1, -0.05) is 0 Å². The molecule has 1 heterocycles. The Morgan fingerprint density at radius 1 is 1.29 bits per heavy atom. The van der Waals surface area contributed by atoms with Crippen LogP contribution < -0.4 is 5.56 Å². The summed E-state index contributed by atoms with van der Waals surface area (Å²) >= 11 is 0. The summed E-state index contributed by atoms with van der Waals surface area (Å²) in [4.78, 5) is 23.5. The minimum Gasteiger partial charge on any atom is -0.311 e. The highest BCUT2D eigenvalue weighted by Crippen LogP contribution is 2.19. The van der Waals surface area contributed by atoms with Crippen molar-refractivity contribution < 1.29 is 4.79 Å². The van der Waals surface area contributed by atoms with Crippen molar-refractivity contribution in [3.8, 4) is 11.8 Å². The third-order valence-electron chi connectivity index (χ3n) is 3.05. The van der Waals surface area contributed by atoms with E-state index in [-0.39, 0.29) is 11.3 Å². The smallest absolute Gasteiger partial charge is 0.250 e. The average Bonchev–Trinajstić information content (AvgIpc) is 2.32. The molecule has 0 aliphatic heterocycles. The molecule has 0 saturated carbocycles. The summed E-state index contributed by atoms with van der Waals surface area (Å²) in [6, 6.07) is 3.16. The number of hydrogen-bond donors (Lipinski definition) is 0. The number of rotatable bonds is 2. The van der Waals surface area contributed by atoms with E-state index in [2.05, 4.69) is 11.8 Å². The Labute approximate surface area is 100 Å². The summed E-state index contributed by atoms with van der Waals surface area (Å²) in [5.41, 5.74) is 1.59. The normalized spacial score (nSPS) is 13.8. The number of carbonyl (C=O) groups is 1. The first-order valence-corrected chi connectivity index (χ1v) is 5.89. The zero-order chi connectivity index (χ0) is 12.3. The lowest BCUT2D eigenvalue weighted by Crippen LogP contribution is -2.27. The van der Waals surface area contributed by atoms with Gasteiger partial charge in [-0.15, -0.1) is 11.8 Å². The van der Waals surface area contributed by atoms with E-state index in [4.69, 9.17) is 0 Å². The van der Waals surface area contributed by atoms with Crippen LogP contribution >= 0.6 is 0 Å². The van der Waals surface area contributed by atoms with E-state index in [0.29, 0.717) is 19.4 Å². The van der Waals surface area contributed by atoms with Crippen LogP contribution in [-0.4, -0.2) is 10.4 Å². The molecular weight excluding hydrogens is 214 g/mol. The fourth-order valence-electron chi connectivity index (χ4n) is 2.23. The number of carbonyl (C=O) groups excluding carboxylic acids is 1. The third-order valence-corrected chi connectivity index (χ3v) is 3.05. The molecule has 0 bridgehead atoms. The fraction of sp³-hybridized carbons (Fsp3) is 0.429. The van der Waals surface area contributed by atoms with E-state index in [1.807, 2.05) is 0 Å². The molecule has 3 nitrogen and oxygen atoms in total. The van der Waals surface area contributed by atoms with Crippen LogP contribution in [0.1, 0.15) is 42.2 Å². The minimum atomic E-state index is -0.0312. The molecule has 1 aliphatic rings. The molecule has 0 fully saturated rings. The first kappa shape index (κ1) is 11.7. The summed E-state index contributed by atoms with van der Waals surface area (Å²) in [5, 5.41) is 0. The second kappa shape index (κ2) is 5.01. The maximum atomic E-state index is 11.8. The largest absolute Gasteiger partial charge is 0.311 e. The highest BCUT2D eigenvalue weighted by atomic mass is 16.1. The molecule has 88 valence electrons. The minimum absolute atomic E-state index is 0.0312. The molecule has 0 N–H and O–H groups in total. The highest BCUT2D eigenvalue weighted by molar-refractivity contribution is 5.97. The van der Waals surface area contributed by atoms with Gasteiger partial charge >= 0.3 is 0 Å². The molecule has 3 heteroatoms. The van der Waals surface area contributed by atoms with Crippen LogP contribution in [0.3, 0.4) is 0 Å². The number of fused-ring (bicyclic) bond motifs is 1. The van der Waals surface area contributed by atoms with Crippen LogP contribution in [0.25, 0.3) is 0 Å². The van der Waals surface area contributed by atoms with Gasteiger partial charge in [-0.25, -0.2) is 0 Å². The van der Waals surface area contributed by atoms with E-state index in [1.54, 1.807) is 17.6 Å². The van der Waals surface area contributed by atoms with Crippen molar-refractivity contribution in [3.05, 3.63) is 33.7 Å². The molecule has 0 aromatic carbocycles. The van der Waals surface area contributed by atoms with Gasteiger partial charge in [-0.2, -0.15) is 0 Å². The number of Topliss-reactive ketones (excluding diaryl/α,β-unsaturated/α-hetero) is 1. The van der Waals surface area contributed by atoms with Crippen molar-refractivity contribution in [2.75, 3.05) is 0 Å². The van der Waals surface area contributed by atoms with Gasteiger partial charge in [0.25, 0.3) is 5.56 Å². The first-order valence-electron chi connectivity index (χ1n) is 5.89. The van der Waals surface area contributed by atoms with Crippen LogP contribution in [0.15, 0.2) is 16.9 Å². The number of pyridine rings is 1. The van der Waals surface area contributed by atoms with Crippen LogP contribution in [0, 0.1) is 11.8 Å². The predicted molar refractivity (Wildman–Crippen MR) is 66.0 cm³/mol. The highest BCUT2D eigenvalue weighted by Gasteiger charge is 2.20. The van der Waals surface area contributed by atoms with Gasteiger partial charge in [0.05, 0.1) is 0 Å². The van der Waals surface area contributed by atoms with Crippen LogP contribution in [0.5, 0.6) is 0 Å². The Morgan fingerprint density at radius 3 is 2.88 bits per heavy atom. The third kappa shape index (κ3) is 2.31. The Morgan fingerprint density at radius 2 is 2.12 bits per heavy atom. The van der Waals surface area contributed by atoms with E-state index in [0.717, 1.165) is 24.1 Å². The molecule has 0 amide bonds. The lowest BCUT2D eigenvalue weighted by Gasteiger charge is -2.19. The van der Waals surface area contributed by atoms with Gasteiger partial charge in [0.2, 0.25) is 0 Å². The summed E-state index contributed by atoms with van der Waals surface area (Å²) in [6.45, 7) is 2.36. The SMILES string of the molecule is CC#CCCn1c2c(ccc1=O)C(=O)CCC2. The molecule has 0 unspecified atom stereocenters. The molecule has 2 rings (SSSR count). The molecule has 0 atom stereocenters. The molecule has 0 spiro atoms. The first-order chi connectivity index (χ1) is 8.24. The lowest BCUT2D eigenvalue weighted by molar-refractivity contribution is 0.0970. The molecule has 1 aromatic rings. The van der Waals surface area contributed by atoms with E-state index in [9.17, 15) is 9.59 Å². The van der Waals surface area contributed by atoms with E-state index >= 15 is 0 Å². The summed E-state index contributed by atoms with van der Waals surface area (Å²) in [6.07, 6.45) is 2.91. The maximum absolute atomic E-state index is 11.8. The molecule has 17 heavy (non-hydrogen) atoms. The van der Waals surface area contributed by atoms with Crippen molar-refractivity contribution in [2.45, 2.75) is 39.2 Å². The van der Waals surface area contributed by atoms with Crippen molar-refractivity contribution in [2.24, 2.45) is 0 Å². The second-order valence-corrected chi connectivity index (χ2v) is 4.14. The molecule has 1 aromatic heterocycles. The summed E-state index contributed by atoms with van der Waals surface area (Å²) in [7, 11) is 0. The van der Waals surface area contributed by atoms with Gasteiger partial charge in [0.15, 0.2) is 5.78 Å². The molecule has 1 aliphatic carbocycles. The molecule has 0 radical (unpaired) electrons. The second-order valence-electron chi connectivity index (χ2n) is 4.14. The quantitative estimate of drug-likeness (QED) is 0.725. The Balaban J connectivity index is 2.41. The van der Waals surface area contributed by atoms with Gasteiger partial charge in [-0.05, 0) is 25.8 Å². The standard InChI is InChI=1S/C14H15NO2/c1-2-3-4-10-15-12-6-5-7-13(16)11(12)8-9-14(15)17/h8-9H,4-7,10H2,1H3. The van der Waals surface area contributed by atoms with Gasteiger partial charge in [-0.3, -0.25) is 9.59 Å². The average molecular weight is 229 g/mol. The Bertz CT molecular complexity index is 558. The molecular formula is C14H15NO2. The zero-order valence-corrected chi connectivity index (χ0v) is 9.95. The number of aromatic nitrogens is 1. The van der Waals surface area contributed by atoms with Crippen molar-refractivity contribution in [1.82, 2.24) is 4.57 Å². The van der Waals surface area contributed by atoms with E-state index < -0.39 is 0 Å². The Hall–Kier alpha value is -1.82. The zero-order valence-electron chi connectivity index (χ0n) is 9.95. The van der Waals surface area contributed by atoms with Crippen molar-refractivity contribution >= 4 is 5.78 Å². The number of nitrogens with zero attached hydrogens (tertiary/aromatic N) is 1. The summed E-state index contributed by atoms with van der Waals surface area (Å²) < 4.78 is 1.71. The van der Waals surface area contributed by atoms with Crippen LogP contribution in [0.4, 0.5) is 0 Å². The van der Waals surface area contributed by atoms with Crippen molar-refractivity contribution in [1.29, 1.82) is 0 Å². The number of hydrogen-bond acceptors (Lipinski definition) is 2. The van der Waals surface area contributed by atoms with Crippen molar-refractivity contribution in [3.63, 3.8) is 0 Å². The fourth-order valence-corrected chi connectivity index (χ4v) is 2.23. The topological polar surface area (TPSA) is 39.1 Å². The van der Waals surface area contributed by atoms with Gasteiger partial charge in [0.1, 0.15) is 0 Å². The van der Waals surface area contributed by atoms with Crippen LogP contribution in [-0.2, 0) is 13.0 Å². The lowest BCUT2D eigenvalue weighted by atomic mass is 9.94. The maximum Gasteiger partial charge on any atom is 0.250 e. The summed E-state index contributed by atoms with van der Waals surface area (Å²) in [5.74, 6) is 5.92. The van der Waals surface area contributed by atoms with Gasteiger partial charge in [0, 0.05) is 36.7 Å². The monoisotopic (exact) mass is 229 g/mol.